The molecule has 0 spiro atoms. The Morgan fingerprint density at radius 2 is 1.95 bits per heavy atom. The number of unbranched alkanes of at least 4 members (excludes halogenated alkanes) is 1. The molecule has 0 unspecified atom stereocenters. The highest BCUT2D eigenvalue weighted by molar-refractivity contribution is 5.79. The smallest absolute Gasteiger partial charge is 0.139 e. The predicted molar refractivity (Wildman–Crippen MR) is 79.2 cm³/mol. The van der Waals surface area contributed by atoms with Gasteiger partial charge in [0, 0.05) is 19.0 Å². The fraction of sp³-hybridized carbons (Fsp3) is 0.533. The maximum absolute atomic E-state index is 8.48. The normalized spacial score (nSPS) is 12.3. The summed E-state index contributed by atoms with van der Waals surface area (Å²) in [5.74, 6) is 0.319. The fourth-order valence-corrected chi connectivity index (χ4v) is 2.01. The molecule has 3 N–H and O–H groups in total. The molecule has 1 aromatic rings. The van der Waals surface area contributed by atoms with Crippen LogP contribution in [0.25, 0.3) is 0 Å². The van der Waals surface area contributed by atoms with E-state index in [-0.39, 0.29) is 0 Å². The van der Waals surface area contributed by atoms with Gasteiger partial charge in [-0.1, -0.05) is 35.5 Å². The Hall–Kier alpha value is -1.55. The second kappa shape index (κ2) is 8.53. The SMILES string of the molecule is CC(C)N(CCCCC(N)=NO)Cc1ccccc1. The molecule has 0 atom stereocenters. The van der Waals surface area contributed by atoms with E-state index in [0.29, 0.717) is 18.3 Å². The van der Waals surface area contributed by atoms with E-state index in [4.69, 9.17) is 10.9 Å². The molecule has 106 valence electrons. The molecule has 0 amide bonds. The van der Waals surface area contributed by atoms with Crippen LogP contribution in [0.15, 0.2) is 35.5 Å². The second-order valence-corrected chi connectivity index (χ2v) is 5.10. The zero-order valence-electron chi connectivity index (χ0n) is 11.9. The molecule has 0 aliphatic carbocycles. The van der Waals surface area contributed by atoms with Crippen LogP contribution in [-0.4, -0.2) is 28.5 Å². The molecule has 0 radical (unpaired) electrons. The monoisotopic (exact) mass is 263 g/mol. The molecule has 0 fully saturated rings. The number of hydrogen-bond acceptors (Lipinski definition) is 3. The van der Waals surface area contributed by atoms with Gasteiger partial charge in [0.25, 0.3) is 0 Å². The minimum absolute atomic E-state index is 0.319. The van der Waals surface area contributed by atoms with E-state index < -0.39 is 0 Å². The van der Waals surface area contributed by atoms with Crippen LogP contribution in [0.3, 0.4) is 0 Å². The lowest BCUT2D eigenvalue weighted by Crippen LogP contribution is -2.31. The van der Waals surface area contributed by atoms with Crippen LogP contribution in [0.1, 0.15) is 38.7 Å². The molecule has 1 rings (SSSR count). The highest BCUT2D eigenvalue weighted by Gasteiger charge is 2.09. The molecule has 0 heterocycles. The van der Waals surface area contributed by atoms with E-state index >= 15 is 0 Å². The van der Waals surface area contributed by atoms with E-state index in [1.807, 2.05) is 6.07 Å². The summed E-state index contributed by atoms with van der Waals surface area (Å²) in [4.78, 5) is 2.45. The van der Waals surface area contributed by atoms with Gasteiger partial charge in [-0.05, 0) is 38.8 Å². The van der Waals surface area contributed by atoms with Crippen molar-refractivity contribution >= 4 is 5.84 Å². The summed E-state index contributed by atoms with van der Waals surface area (Å²) < 4.78 is 0. The van der Waals surface area contributed by atoms with Gasteiger partial charge in [0.05, 0.1) is 0 Å². The van der Waals surface area contributed by atoms with Crippen molar-refractivity contribution < 1.29 is 5.21 Å². The average Bonchev–Trinajstić information content (AvgIpc) is 2.42. The summed E-state index contributed by atoms with van der Waals surface area (Å²) in [6.45, 7) is 6.44. The number of nitrogens with two attached hydrogens (primary N) is 1. The number of nitrogens with zero attached hydrogens (tertiary/aromatic N) is 2. The Morgan fingerprint density at radius 1 is 1.26 bits per heavy atom. The van der Waals surface area contributed by atoms with Gasteiger partial charge in [0.1, 0.15) is 5.84 Å². The minimum atomic E-state index is 0.319. The van der Waals surface area contributed by atoms with E-state index in [9.17, 15) is 0 Å². The summed E-state index contributed by atoms with van der Waals surface area (Å²) in [5.41, 5.74) is 6.80. The molecule has 0 aliphatic rings. The molecule has 0 aliphatic heterocycles. The van der Waals surface area contributed by atoms with Crippen molar-refractivity contribution in [2.45, 2.75) is 45.7 Å². The van der Waals surface area contributed by atoms with Gasteiger partial charge in [0.2, 0.25) is 0 Å². The van der Waals surface area contributed by atoms with Gasteiger partial charge in [-0.2, -0.15) is 0 Å². The summed E-state index contributed by atoms with van der Waals surface area (Å²) in [6.07, 6.45) is 2.67. The molecule has 19 heavy (non-hydrogen) atoms. The molecule has 0 bridgehead atoms. The van der Waals surface area contributed by atoms with Gasteiger partial charge in [-0.15, -0.1) is 0 Å². The lowest BCUT2D eigenvalue weighted by atomic mass is 10.1. The largest absolute Gasteiger partial charge is 0.409 e. The molecule has 0 saturated carbocycles. The van der Waals surface area contributed by atoms with Crippen molar-refractivity contribution in [2.24, 2.45) is 10.9 Å². The number of benzene rings is 1. The first-order valence-corrected chi connectivity index (χ1v) is 6.88. The highest BCUT2D eigenvalue weighted by Crippen LogP contribution is 2.10. The Kier molecular flexibility index (Phi) is 6.97. The summed E-state index contributed by atoms with van der Waals surface area (Å²) in [6, 6.07) is 11.0. The molecule has 4 nitrogen and oxygen atoms in total. The maximum atomic E-state index is 8.48. The summed E-state index contributed by atoms with van der Waals surface area (Å²) >= 11 is 0. The van der Waals surface area contributed by atoms with Crippen molar-refractivity contribution in [1.29, 1.82) is 0 Å². The molecule has 4 heteroatoms. The first-order valence-electron chi connectivity index (χ1n) is 6.88. The summed E-state index contributed by atoms with van der Waals surface area (Å²) in [5, 5.41) is 11.5. The van der Waals surface area contributed by atoms with Crippen LogP contribution in [-0.2, 0) is 6.54 Å². The molecular weight excluding hydrogens is 238 g/mol. The first-order chi connectivity index (χ1) is 9.13. The Morgan fingerprint density at radius 3 is 2.53 bits per heavy atom. The van der Waals surface area contributed by atoms with E-state index in [2.05, 4.69) is 48.2 Å². The quantitative estimate of drug-likeness (QED) is 0.249. The minimum Gasteiger partial charge on any atom is -0.409 e. The zero-order chi connectivity index (χ0) is 14.1. The first kappa shape index (κ1) is 15.5. The van der Waals surface area contributed by atoms with Gasteiger partial charge >= 0.3 is 0 Å². The van der Waals surface area contributed by atoms with Crippen molar-refractivity contribution in [3.8, 4) is 0 Å². The lowest BCUT2D eigenvalue weighted by molar-refractivity contribution is 0.209. The number of amidine groups is 1. The third kappa shape index (κ3) is 6.25. The van der Waals surface area contributed by atoms with Gasteiger partial charge in [0.15, 0.2) is 0 Å². The third-order valence-electron chi connectivity index (χ3n) is 3.22. The van der Waals surface area contributed by atoms with Crippen LogP contribution in [0.5, 0.6) is 0 Å². The number of oxime groups is 1. The third-order valence-corrected chi connectivity index (χ3v) is 3.22. The van der Waals surface area contributed by atoms with Crippen LogP contribution in [0, 0.1) is 0 Å². The van der Waals surface area contributed by atoms with Crippen LogP contribution >= 0.6 is 0 Å². The van der Waals surface area contributed by atoms with E-state index in [1.165, 1.54) is 5.56 Å². The lowest BCUT2D eigenvalue weighted by Gasteiger charge is -2.26. The van der Waals surface area contributed by atoms with Crippen LogP contribution in [0.4, 0.5) is 0 Å². The molecule has 1 aromatic carbocycles. The molecule has 0 aromatic heterocycles. The molecule has 0 saturated heterocycles. The van der Waals surface area contributed by atoms with Crippen molar-refractivity contribution in [1.82, 2.24) is 4.90 Å². The van der Waals surface area contributed by atoms with Crippen molar-refractivity contribution in [3.63, 3.8) is 0 Å². The number of hydrogen-bond donors (Lipinski definition) is 2. The molecular formula is C15H25N3O. The Balaban J connectivity index is 2.37. The highest BCUT2D eigenvalue weighted by atomic mass is 16.4. The van der Waals surface area contributed by atoms with Gasteiger partial charge < -0.3 is 10.9 Å². The number of rotatable bonds is 8. The van der Waals surface area contributed by atoms with Gasteiger partial charge in [-0.3, -0.25) is 4.90 Å². The average molecular weight is 263 g/mol. The van der Waals surface area contributed by atoms with Gasteiger partial charge in [-0.25, -0.2) is 0 Å². The summed E-state index contributed by atoms with van der Waals surface area (Å²) in [7, 11) is 0. The maximum Gasteiger partial charge on any atom is 0.139 e. The van der Waals surface area contributed by atoms with E-state index in [0.717, 1.165) is 25.9 Å². The second-order valence-electron chi connectivity index (χ2n) is 5.10. The Bertz CT molecular complexity index is 376. The fourth-order valence-electron chi connectivity index (χ4n) is 2.01. The van der Waals surface area contributed by atoms with Crippen LogP contribution in [0.2, 0.25) is 0 Å². The predicted octanol–water partition coefficient (Wildman–Crippen LogP) is 2.81. The van der Waals surface area contributed by atoms with E-state index in [1.54, 1.807) is 0 Å². The Labute approximate surface area is 115 Å². The van der Waals surface area contributed by atoms with Crippen LogP contribution < -0.4 is 5.73 Å². The van der Waals surface area contributed by atoms with Crippen molar-refractivity contribution in [2.75, 3.05) is 6.54 Å². The zero-order valence-corrected chi connectivity index (χ0v) is 11.9. The topological polar surface area (TPSA) is 61.8 Å². The standard InChI is InChI=1S/C15H25N3O/c1-13(2)18(11-7-6-10-15(16)17-19)12-14-8-4-3-5-9-14/h3-5,8-9,13,19H,6-7,10-12H2,1-2H3,(H2,16,17). The van der Waals surface area contributed by atoms with Crippen molar-refractivity contribution in [3.05, 3.63) is 35.9 Å².